The Balaban J connectivity index is 2.18. The van der Waals surface area contributed by atoms with Crippen LogP contribution < -0.4 is 10.1 Å². The summed E-state index contributed by atoms with van der Waals surface area (Å²) in [6, 6.07) is 10.2. The van der Waals surface area contributed by atoms with Crippen molar-refractivity contribution in [1.29, 1.82) is 0 Å². The Labute approximate surface area is 175 Å². The van der Waals surface area contributed by atoms with Gasteiger partial charge in [0.05, 0.1) is 10.0 Å². The summed E-state index contributed by atoms with van der Waals surface area (Å²) in [6.07, 6.45) is 0. The van der Waals surface area contributed by atoms with Crippen molar-refractivity contribution in [3.8, 4) is 5.75 Å². The van der Waals surface area contributed by atoms with Gasteiger partial charge in [0.15, 0.2) is 6.61 Å². The lowest BCUT2D eigenvalue weighted by Gasteiger charge is -2.28. The van der Waals surface area contributed by atoms with Gasteiger partial charge in [-0.25, -0.2) is 0 Å². The van der Waals surface area contributed by atoms with Gasteiger partial charge >= 0.3 is 0 Å². The van der Waals surface area contributed by atoms with Crippen molar-refractivity contribution >= 4 is 35.0 Å². The van der Waals surface area contributed by atoms with E-state index in [1.807, 2.05) is 32.0 Å². The second-order valence-electron chi connectivity index (χ2n) is 6.62. The standard InChI is InChI=1S/C21H24Cl2N2O3/c1-13-5-8-19(14(2)9-13)28-12-20(26)25(15(3)21(27)24-4)11-16-6-7-17(22)18(23)10-16/h5-10,15H,11-12H2,1-4H3,(H,24,27)/t15-/m1/s1. The van der Waals surface area contributed by atoms with Gasteiger partial charge in [0, 0.05) is 13.6 Å². The minimum Gasteiger partial charge on any atom is -0.483 e. The Morgan fingerprint density at radius 1 is 1.11 bits per heavy atom. The first-order valence-electron chi connectivity index (χ1n) is 8.88. The fourth-order valence-corrected chi connectivity index (χ4v) is 3.13. The van der Waals surface area contributed by atoms with Crippen molar-refractivity contribution in [2.75, 3.05) is 13.7 Å². The molecule has 1 N–H and O–H groups in total. The molecule has 2 rings (SSSR count). The number of amides is 2. The SMILES string of the molecule is CNC(=O)[C@@H](C)N(Cc1ccc(Cl)c(Cl)c1)C(=O)COc1ccc(C)cc1C. The van der Waals surface area contributed by atoms with E-state index in [0.717, 1.165) is 16.7 Å². The molecule has 0 aliphatic carbocycles. The smallest absolute Gasteiger partial charge is 0.261 e. The second kappa shape index (κ2) is 9.80. The van der Waals surface area contributed by atoms with Gasteiger partial charge in [-0.3, -0.25) is 9.59 Å². The predicted octanol–water partition coefficient (Wildman–Crippen LogP) is 4.15. The van der Waals surface area contributed by atoms with Gasteiger partial charge in [-0.05, 0) is 50.1 Å². The van der Waals surface area contributed by atoms with Crippen molar-refractivity contribution in [3.05, 3.63) is 63.1 Å². The van der Waals surface area contributed by atoms with E-state index in [9.17, 15) is 9.59 Å². The summed E-state index contributed by atoms with van der Waals surface area (Å²) < 4.78 is 5.71. The number of hydrogen-bond acceptors (Lipinski definition) is 3. The summed E-state index contributed by atoms with van der Waals surface area (Å²) in [5, 5.41) is 3.40. The zero-order chi connectivity index (χ0) is 20.8. The van der Waals surface area contributed by atoms with Crippen LogP contribution in [0.15, 0.2) is 36.4 Å². The maximum atomic E-state index is 12.9. The van der Waals surface area contributed by atoms with Crippen LogP contribution in [0.1, 0.15) is 23.6 Å². The van der Waals surface area contributed by atoms with Crippen LogP contribution >= 0.6 is 23.2 Å². The minimum absolute atomic E-state index is 0.174. The first-order chi connectivity index (χ1) is 13.2. The molecule has 7 heteroatoms. The average Bonchev–Trinajstić information content (AvgIpc) is 2.66. The topological polar surface area (TPSA) is 58.6 Å². The van der Waals surface area contributed by atoms with Crippen LogP contribution in [0.5, 0.6) is 5.75 Å². The second-order valence-corrected chi connectivity index (χ2v) is 7.43. The zero-order valence-electron chi connectivity index (χ0n) is 16.4. The molecule has 2 amide bonds. The molecule has 0 radical (unpaired) electrons. The van der Waals surface area contributed by atoms with Gasteiger partial charge in [0.25, 0.3) is 5.91 Å². The number of nitrogens with one attached hydrogen (secondary N) is 1. The third-order valence-corrected chi connectivity index (χ3v) is 5.17. The fraction of sp³-hybridized carbons (Fsp3) is 0.333. The summed E-state index contributed by atoms with van der Waals surface area (Å²) in [7, 11) is 1.53. The first kappa shape index (κ1) is 22.1. The number of rotatable bonds is 7. The molecule has 0 saturated carbocycles. The number of likely N-dealkylation sites (N-methyl/N-ethyl adjacent to an activating group) is 1. The van der Waals surface area contributed by atoms with Crippen LogP contribution in [0.2, 0.25) is 10.0 Å². The molecule has 0 aromatic heterocycles. The number of ether oxygens (including phenoxy) is 1. The highest BCUT2D eigenvalue weighted by atomic mass is 35.5. The molecule has 0 fully saturated rings. The number of carbonyl (C=O) groups excluding carboxylic acids is 2. The number of carbonyl (C=O) groups is 2. The van der Waals surface area contributed by atoms with Crippen molar-refractivity contribution in [3.63, 3.8) is 0 Å². The number of nitrogens with zero attached hydrogens (tertiary/aromatic N) is 1. The van der Waals surface area contributed by atoms with E-state index in [1.165, 1.54) is 11.9 Å². The minimum atomic E-state index is -0.672. The average molecular weight is 423 g/mol. The Morgan fingerprint density at radius 3 is 2.43 bits per heavy atom. The molecule has 5 nitrogen and oxygen atoms in total. The van der Waals surface area contributed by atoms with E-state index >= 15 is 0 Å². The van der Waals surface area contributed by atoms with E-state index in [-0.39, 0.29) is 25.0 Å². The number of aryl methyl sites for hydroxylation is 2. The quantitative estimate of drug-likeness (QED) is 0.728. The molecule has 2 aromatic rings. The Kier molecular flexibility index (Phi) is 7.72. The van der Waals surface area contributed by atoms with Crippen molar-refractivity contribution in [1.82, 2.24) is 10.2 Å². The normalized spacial score (nSPS) is 11.6. The van der Waals surface area contributed by atoms with E-state index in [2.05, 4.69) is 5.32 Å². The summed E-state index contributed by atoms with van der Waals surface area (Å²) >= 11 is 12.0. The zero-order valence-corrected chi connectivity index (χ0v) is 17.9. The number of benzene rings is 2. The van der Waals surface area contributed by atoms with Gasteiger partial charge in [-0.1, -0.05) is 47.0 Å². The first-order valence-corrected chi connectivity index (χ1v) is 9.63. The maximum absolute atomic E-state index is 12.9. The van der Waals surface area contributed by atoms with Crippen molar-refractivity contribution in [2.45, 2.75) is 33.4 Å². The monoisotopic (exact) mass is 422 g/mol. The Bertz CT molecular complexity index is 871. The van der Waals surface area contributed by atoms with Crippen molar-refractivity contribution in [2.24, 2.45) is 0 Å². The third kappa shape index (κ3) is 5.63. The molecule has 150 valence electrons. The van der Waals surface area contributed by atoms with Gasteiger partial charge in [0.1, 0.15) is 11.8 Å². The Morgan fingerprint density at radius 2 is 1.82 bits per heavy atom. The molecule has 0 aliphatic heterocycles. The molecule has 0 spiro atoms. The molecule has 1 atom stereocenters. The van der Waals surface area contributed by atoms with Crippen LogP contribution in [-0.4, -0.2) is 36.4 Å². The molecule has 0 bridgehead atoms. The highest BCUT2D eigenvalue weighted by molar-refractivity contribution is 6.42. The number of halogens is 2. The lowest BCUT2D eigenvalue weighted by molar-refractivity contribution is -0.142. The lowest BCUT2D eigenvalue weighted by Crippen LogP contribution is -2.48. The summed E-state index contributed by atoms with van der Waals surface area (Å²) in [6.45, 7) is 5.62. The molecule has 2 aromatic carbocycles. The van der Waals surface area contributed by atoms with E-state index < -0.39 is 6.04 Å². The van der Waals surface area contributed by atoms with Crippen LogP contribution in [0.3, 0.4) is 0 Å². The third-order valence-electron chi connectivity index (χ3n) is 4.43. The molecule has 0 unspecified atom stereocenters. The Hall–Kier alpha value is -2.24. The maximum Gasteiger partial charge on any atom is 0.261 e. The van der Waals surface area contributed by atoms with E-state index in [4.69, 9.17) is 27.9 Å². The highest BCUT2D eigenvalue weighted by Crippen LogP contribution is 2.24. The summed E-state index contributed by atoms with van der Waals surface area (Å²) in [5.74, 6) is 0.0723. The lowest BCUT2D eigenvalue weighted by atomic mass is 10.1. The predicted molar refractivity (Wildman–Crippen MR) is 112 cm³/mol. The van der Waals surface area contributed by atoms with Crippen LogP contribution in [0, 0.1) is 13.8 Å². The summed E-state index contributed by atoms with van der Waals surface area (Å²) in [5.41, 5.74) is 2.83. The molecule has 0 heterocycles. The van der Waals surface area contributed by atoms with Gasteiger partial charge in [0.2, 0.25) is 5.91 Å². The molecule has 0 saturated heterocycles. The largest absolute Gasteiger partial charge is 0.483 e. The van der Waals surface area contributed by atoms with Crippen LogP contribution in [-0.2, 0) is 16.1 Å². The highest BCUT2D eigenvalue weighted by Gasteiger charge is 2.26. The van der Waals surface area contributed by atoms with E-state index in [1.54, 1.807) is 25.1 Å². The molecular weight excluding hydrogens is 399 g/mol. The molecule has 28 heavy (non-hydrogen) atoms. The van der Waals surface area contributed by atoms with Gasteiger partial charge in [-0.15, -0.1) is 0 Å². The van der Waals surface area contributed by atoms with E-state index in [0.29, 0.717) is 15.8 Å². The molecular formula is C21H24Cl2N2O3. The van der Waals surface area contributed by atoms with Crippen molar-refractivity contribution < 1.29 is 14.3 Å². The van der Waals surface area contributed by atoms with Crippen LogP contribution in [0.4, 0.5) is 0 Å². The molecule has 0 aliphatic rings. The number of hydrogen-bond donors (Lipinski definition) is 1. The summed E-state index contributed by atoms with van der Waals surface area (Å²) in [4.78, 5) is 26.5. The van der Waals surface area contributed by atoms with Gasteiger partial charge in [-0.2, -0.15) is 0 Å². The fourth-order valence-electron chi connectivity index (χ4n) is 2.81. The van der Waals surface area contributed by atoms with Gasteiger partial charge < -0.3 is 15.0 Å². The van der Waals surface area contributed by atoms with Crippen LogP contribution in [0.25, 0.3) is 0 Å².